The predicted octanol–water partition coefficient (Wildman–Crippen LogP) is 3.74. The van der Waals surface area contributed by atoms with E-state index in [9.17, 15) is 4.39 Å². The van der Waals surface area contributed by atoms with Crippen LogP contribution in [0.15, 0.2) is 24.3 Å². The first-order valence-electron chi connectivity index (χ1n) is 8.30. The molecule has 1 aliphatic rings. The predicted molar refractivity (Wildman–Crippen MR) is 86.8 cm³/mol. The van der Waals surface area contributed by atoms with Crippen LogP contribution < -0.4 is 5.73 Å². The van der Waals surface area contributed by atoms with Gasteiger partial charge in [-0.1, -0.05) is 31.9 Å². The lowest BCUT2D eigenvalue weighted by molar-refractivity contribution is 0.0608. The standard InChI is InChI=1S/C18H29FN2/c1-3-17-10-5-4-6-11-21(17)18(2,14-20)13-15-8-7-9-16(19)12-15/h7-9,12,17H,3-6,10-11,13-14,20H2,1-2H3. The molecular formula is C18H29FN2. The Hall–Kier alpha value is -0.930. The average Bonchev–Trinajstić information content (AvgIpc) is 2.72. The quantitative estimate of drug-likeness (QED) is 0.896. The zero-order valence-corrected chi connectivity index (χ0v) is 13.4. The maximum Gasteiger partial charge on any atom is 0.123 e. The van der Waals surface area contributed by atoms with Gasteiger partial charge in [-0.2, -0.15) is 0 Å². The SMILES string of the molecule is CCC1CCCCCN1C(C)(CN)Cc1cccc(F)c1. The number of hydrogen-bond acceptors (Lipinski definition) is 2. The molecule has 2 atom stereocenters. The summed E-state index contributed by atoms with van der Waals surface area (Å²) in [5, 5.41) is 0. The van der Waals surface area contributed by atoms with Crippen molar-refractivity contribution in [2.75, 3.05) is 13.1 Å². The van der Waals surface area contributed by atoms with Crippen molar-refractivity contribution in [3.05, 3.63) is 35.6 Å². The lowest BCUT2D eigenvalue weighted by atomic mass is 9.88. The molecular weight excluding hydrogens is 263 g/mol. The van der Waals surface area contributed by atoms with Gasteiger partial charge in [0.2, 0.25) is 0 Å². The molecule has 0 bridgehead atoms. The first kappa shape index (κ1) is 16.4. The Morgan fingerprint density at radius 1 is 1.33 bits per heavy atom. The van der Waals surface area contributed by atoms with Crippen LogP contribution in [-0.2, 0) is 6.42 Å². The average molecular weight is 292 g/mol. The van der Waals surface area contributed by atoms with Crippen molar-refractivity contribution in [3.8, 4) is 0 Å². The molecule has 0 amide bonds. The van der Waals surface area contributed by atoms with E-state index < -0.39 is 0 Å². The second-order valence-corrected chi connectivity index (χ2v) is 6.61. The molecule has 0 aliphatic carbocycles. The van der Waals surface area contributed by atoms with Crippen LogP contribution in [0.2, 0.25) is 0 Å². The van der Waals surface area contributed by atoms with Crippen molar-refractivity contribution in [1.82, 2.24) is 4.90 Å². The third-order valence-corrected chi connectivity index (χ3v) is 4.96. The summed E-state index contributed by atoms with van der Waals surface area (Å²) >= 11 is 0. The van der Waals surface area contributed by atoms with Gasteiger partial charge in [0.15, 0.2) is 0 Å². The van der Waals surface area contributed by atoms with Crippen LogP contribution >= 0.6 is 0 Å². The molecule has 1 heterocycles. The van der Waals surface area contributed by atoms with E-state index in [2.05, 4.69) is 18.7 Å². The fourth-order valence-corrected chi connectivity index (χ4v) is 3.69. The van der Waals surface area contributed by atoms with Crippen molar-refractivity contribution in [3.63, 3.8) is 0 Å². The van der Waals surface area contributed by atoms with Gasteiger partial charge in [-0.15, -0.1) is 0 Å². The minimum absolute atomic E-state index is 0.0845. The van der Waals surface area contributed by atoms with E-state index in [-0.39, 0.29) is 11.4 Å². The fourth-order valence-electron chi connectivity index (χ4n) is 3.69. The van der Waals surface area contributed by atoms with E-state index in [0.717, 1.165) is 18.5 Å². The first-order valence-corrected chi connectivity index (χ1v) is 8.30. The lowest BCUT2D eigenvalue weighted by Crippen LogP contribution is -2.57. The molecule has 2 rings (SSSR count). The smallest absolute Gasteiger partial charge is 0.123 e. The molecule has 2 nitrogen and oxygen atoms in total. The van der Waals surface area contributed by atoms with Gasteiger partial charge in [-0.3, -0.25) is 4.90 Å². The number of hydrogen-bond donors (Lipinski definition) is 1. The summed E-state index contributed by atoms with van der Waals surface area (Å²) in [6, 6.07) is 7.56. The normalized spacial score (nSPS) is 23.5. The third kappa shape index (κ3) is 4.04. The molecule has 0 radical (unpaired) electrons. The number of benzene rings is 1. The number of rotatable bonds is 5. The Balaban J connectivity index is 2.21. The van der Waals surface area contributed by atoms with Crippen molar-refractivity contribution < 1.29 is 4.39 Å². The van der Waals surface area contributed by atoms with Crippen LogP contribution in [-0.4, -0.2) is 29.6 Å². The summed E-state index contributed by atoms with van der Waals surface area (Å²) in [4.78, 5) is 2.60. The Bertz CT molecular complexity index is 449. The zero-order chi connectivity index (χ0) is 15.3. The summed E-state index contributed by atoms with van der Waals surface area (Å²) in [6.07, 6.45) is 7.12. The molecule has 0 saturated carbocycles. The zero-order valence-electron chi connectivity index (χ0n) is 13.4. The second kappa shape index (κ2) is 7.37. The van der Waals surface area contributed by atoms with E-state index in [1.165, 1.54) is 38.2 Å². The molecule has 118 valence electrons. The Morgan fingerprint density at radius 2 is 2.14 bits per heavy atom. The highest BCUT2D eigenvalue weighted by atomic mass is 19.1. The van der Waals surface area contributed by atoms with E-state index in [0.29, 0.717) is 12.6 Å². The third-order valence-electron chi connectivity index (χ3n) is 4.96. The molecule has 0 spiro atoms. The summed E-state index contributed by atoms with van der Waals surface area (Å²) in [5.74, 6) is -0.158. The second-order valence-electron chi connectivity index (χ2n) is 6.61. The highest BCUT2D eigenvalue weighted by Crippen LogP contribution is 2.29. The lowest BCUT2D eigenvalue weighted by Gasteiger charge is -2.45. The topological polar surface area (TPSA) is 29.3 Å². The van der Waals surface area contributed by atoms with Crippen molar-refractivity contribution in [1.29, 1.82) is 0 Å². The van der Waals surface area contributed by atoms with Gasteiger partial charge in [-0.25, -0.2) is 4.39 Å². The molecule has 1 fully saturated rings. The van der Waals surface area contributed by atoms with Crippen LogP contribution in [0.4, 0.5) is 4.39 Å². The van der Waals surface area contributed by atoms with E-state index >= 15 is 0 Å². The maximum absolute atomic E-state index is 13.5. The fraction of sp³-hybridized carbons (Fsp3) is 0.667. The Kier molecular flexibility index (Phi) is 5.77. The minimum atomic E-state index is -0.158. The number of nitrogens with two attached hydrogens (primary N) is 1. The number of likely N-dealkylation sites (tertiary alicyclic amines) is 1. The summed E-state index contributed by atoms with van der Waals surface area (Å²) in [5.41, 5.74) is 7.12. The number of nitrogens with zero attached hydrogens (tertiary/aromatic N) is 1. The first-order chi connectivity index (χ1) is 10.1. The maximum atomic E-state index is 13.5. The molecule has 3 heteroatoms. The minimum Gasteiger partial charge on any atom is -0.329 e. The van der Waals surface area contributed by atoms with Gasteiger partial charge in [-0.05, 0) is 56.8 Å². The highest BCUT2D eigenvalue weighted by molar-refractivity contribution is 5.19. The van der Waals surface area contributed by atoms with Gasteiger partial charge in [0, 0.05) is 18.1 Å². The van der Waals surface area contributed by atoms with Crippen LogP contribution in [0.3, 0.4) is 0 Å². The molecule has 1 aliphatic heterocycles. The van der Waals surface area contributed by atoms with Gasteiger partial charge >= 0.3 is 0 Å². The molecule has 2 unspecified atom stereocenters. The van der Waals surface area contributed by atoms with E-state index in [1.54, 1.807) is 12.1 Å². The van der Waals surface area contributed by atoms with Gasteiger partial charge < -0.3 is 5.73 Å². The highest BCUT2D eigenvalue weighted by Gasteiger charge is 2.35. The van der Waals surface area contributed by atoms with Crippen molar-refractivity contribution in [2.45, 2.75) is 64.0 Å². The van der Waals surface area contributed by atoms with Crippen LogP contribution in [0.25, 0.3) is 0 Å². The van der Waals surface area contributed by atoms with Gasteiger partial charge in [0.05, 0.1) is 0 Å². The van der Waals surface area contributed by atoms with E-state index in [4.69, 9.17) is 5.73 Å². The van der Waals surface area contributed by atoms with Crippen LogP contribution in [0, 0.1) is 5.82 Å². The van der Waals surface area contributed by atoms with Gasteiger partial charge in [0.1, 0.15) is 5.82 Å². The van der Waals surface area contributed by atoms with Crippen molar-refractivity contribution in [2.24, 2.45) is 5.73 Å². The van der Waals surface area contributed by atoms with E-state index in [1.807, 2.05) is 6.07 Å². The summed E-state index contributed by atoms with van der Waals surface area (Å²) in [7, 11) is 0. The van der Waals surface area contributed by atoms with Crippen LogP contribution in [0.5, 0.6) is 0 Å². The molecule has 1 saturated heterocycles. The summed E-state index contributed by atoms with van der Waals surface area (Å²) in [6.45, 7) is 6.23. The Morgan fingerprint density at radius 3 is 2.81 bits per heavy atom. The van der Waals surface area contributed by atoms with Crippen LogP contribution in [0.1, 0.15) is 51.5 Å². The largest absolute Gasteiger partial charge is 0.329 e. The molecule has 1 aromatic carbocycles. The monoisotopic (exact) mass is 292 g/mol. The molecule has 2 N–H and O–H groups in total. The van der Waals surface area contributed by atoms with Crippen molar-refractivity contribution >= 4 is 0 Å². The van der Waals surface area contributed by atoms with Gasteiger partial charge in [0.25, 0.3) is 0 Å². The number of halogens is 1. The molecule has 0 aromatic heterocycles. The Labute approximate surface area is 128 Å². The summed E-state index contributed by atoms with van der Waals surface area (Å²) < 4.78 is 13.5. The molecule has 1 aromatic rings. The molecule has 21 heavy (non-hydrogen) atoms.